The zero-order valence-electron chi connectivity index (χ0n) is 8.40. The van der Waals surface area contributed by atoms with Crippen LogP contribution in [0.3, 0.4) is 0 Å². The molecule has 1 aromatic heterocycles. The van der Waals surface area contributed by atoms with E-state index in [9.17, 15) is 4.79 Å². The highest BCUT2D eigenvalue weighted by Crippen LogP contribution is 2.29. The SMILES string of the molecule is O=CN1CCCCC1c1ccc(Cl)nc1. The van der Waals surface area contributed by atoms with Crippen molar-refractivity contribution in [2.75, 3.05) is 6.54 Å². The molecule has 0 saturated carbocycles. The number of halogens is 1. The second-order valence-electron chi connectivity index (χ2n) is 3.77. The molecule has 80 valence electrons. The molecule has 1 aliphatic rings. The van der Waals surface area contributed by atoms with Gasteiger partial charge in [0.15, 0.2) is 0 Å². The molecule has 1 fully saturated rings. The van der Waals surface area contributed by atoms with E-state index >= 15 is 0 Å². The van der Waals surface area contributed by atoms with E-state index in [1.165, 1.54) is 0 Å². The lowest BCUT2D eigenvalue weighted by atomic mass is 9.97. The molecule has 2 heterocycles. The Morgan fingerprint density at radius 3 is 3.00 bits per heavy atom. The van der Waals surface area contributed by atoms with Crippen molar-refractivity contribution in [2.45, 2.75) is 25.3 Å². The third-order valence-electron chi connectivity index (χ3n) is 2.81. The Morgan fingerprint density at radius 2 is 2.33 bits per heavy atom. The van der Waals surface area contributed by atoms with Gasteiger partial charge in [-0.1, -0.05) is 17.7 Å². The second-order valence-corrected chi connectivity index (χ2v) is 4.16. The van der Waals surface area contributed by atoms with E-state index < -0.39 is 0 Å². The summed E-state index contributed by atoms with van der Waals surface area (Å²) in [7, 11) is 0. The van der Waals surface area contributed by atoms with Gasteiger partial charge in [-0.05, 0) is 30.9 Å². The van der Waals surface area contributed by atoms with Crippen molar-refractivity contribution >= 4 is 18.0 Å². The van der Waals surface area contributed by atoms with Crippen LogP contribution in [-0.4, -0.2) is 22.8 Å². The Bertz CT molecular complexity index is 339. The predicted octanol–water partition coefficient (Wildman–Crippen LogP) is 2.42. The molecular formula is C11H13ClN2O. The molecule has 0 N–H and O–H groups in total. The average Bonchev–Trinajstić information content (AvgIpc) is 2.30. The van der Waals surface area contributed by atoms with E-state index in [1.807, 2.05) is 11.0 Å². The van der Waals surface area contributed by atoms with Gasteiger partial charge in [0, 0.05) is 12.7 Å². The standard InChI is InChI=1S/C11H13ClN2O/c12-11-5-4-9(7-13-11)10-3-1-2-6-14(10)8-15/h4-5,7-8,10H,1-3,6H2. The van der Waals surface area contributed by atoms with Crippen LogP contribution in [0.1, 0.15) is 30.9 Å². The van der Waals surface area contributed by atoms with Gasteiger partial charge in [-0.3, -0.25) is 4.79 Å². The van der Waals surface area contributed by atoms with Crippen LogP contribution >= 0.6 is 11.6 Å². The summed E-state index contributed by atoms with van der Waals surface area (Å²) in [4.78, 5) is 16.8. The van der Waals surface area contributed by atoms with Gasteiger partial charge in [0.25, 0.3) is 0 Å². The maximum Gasteiger partial charge on any atom is 0.210 e. The minimum absolute atomic E-state index is 0.181. The Hall–Kier alpha value is -1.09. The molecule has 3 nitrogen and oxygen atoms in total. The topological polar surface area (TPSA) is 33.2 Å². The fourth-order valence-electron chi connectivity index (χ4n) is 2.02. The van der Waals surface area contributed by atoms with Crippen molar-refractivity contribution < 1.29 is 4.79 Å². The van der Waals surface area contributed by atoms with Crippen LogP contribution in [0.25, 0.3) is 0 Å². The molecule has 1 amide bonds. The van der Waals surface area contributed by atoms with E-state index in [4.69, 9.17) is 11.6 Å². The lowest BCUT2D eigenvalue weighted by Gasteiger charge is -2.32. The Labute approximate surface area is 94.1 Å². The van der Waals surface area contributed by atoms with Crippen molar-refractivity contribution in [1.29, 1.82) is 0 Å². The van der Waals surface area contributed by atoms with E-state index in [1.54, 1.807) is 12.3 Å². The maximum atomic E-state index is 10.9. The van der Waals surface area contributed by atoms with E-state index in [2.05, 4.69) is 4.98 Å². The van der Waals surface area contributed by atoms with Crippen LogP contribution in [0.4, 0.5) is 0 Å². The first kappa shape index (κ1) is 10.4. The highest BCUT2D eigenvalue weighted by atomic mass is 35.5. The molecule has 2 rings (SSSR count). The zero-order valence-corrected chi connectivity index (χ0v) is 9.15. The number of amides is 1. The van der Waals surface area contributed by atoms with Crippen LogP contribution in [0, 0.1) is 0 Å². The molecule has 0 bridgehead atoms. The third-order valence-corrected chi connectivity index (χ3v) is 3.04. The first-order valence-corrected chi connectivity index (χ1v) is 5.51. The van der Waals surface area contributed by atoms with Gasteiger partial charge in [-0.25, -0.2) is 4.98 Å². The quantitative estimate of drug-likeness (QED) is 0.571. The van der Waals surface area contributed by atoms with Crippen LogP contribution in [-0.2, 0) is 4.79 Å². The summed E-state index contributed by atoms with van der Waals surface area (Å²) in [6.45, 7) is 0.844. The number of rotatable bonds is 2. The fourth-order valence-corrected chi connectivity index (χ4v) is 2.13. The highest BCUT2D eigenvalue weighted by Gasteiger charge is 2.22. The number of hydrogen-bond acceptors (Lipinski definition) is 2. The van der Waals surface area contributed by atoms with Gasteiger partial charge >= 0.3 is 0 Å². The molecule has 0 radical (unpaired) electrons. The van der Waals surface area contributed by atoms with Gasteiger partial charge in [-0.2, -0.15) is 0 Å². The number of nitrogens with zero attached hydrogens (tertiary/aromatic N) is 2. The molecule has 1 aliphatic heterocycles. The molecule has 0 spiro atoms. The summed E-state index contributed by atoms with van der Waals surface area (Å²) in [6.07, 6.45) is 5.96. The highest BCUT2D eigenvalue weighted by molar-refractivity contribution is 6.29. The summed E-state index contributed by atoms with van der Waals surface area (Å²) in [6, 6.07) is 3.90. The lowest BCUT2D eigenvalue weighted by Crippen LogP contribution is -2.32. The molecule has 4 heteroatoms. The van der Waals surface area contributed by atoms with Crippen molar-refractivity contribution in [2.24, 2.45) is 0 Å². The van der Waals surface area contributed by atoms with Gasteiger partial charge in [0.1, 0.15) is 5.15 Å². The van der Waals surface area contributed by atoms with Gasteiger partial charge < -0.3 is 4.90 Å². The number of aromatic nitrogens is 1. The van der Waals surface area contributed by atoms with Crippen LogP contribution in [0.5, 0.6) is 0 Å². The molecule has 1 unspecified atom stereocenters. The molecule has 0 aliphatic carbocycles. The summed E-state index contributed by atoms with van der Waals surface area (Å²) in [5.74, 6) is 0. The summed E-state index contributed by atoms with van der Waals surface area (Å²) in [5.41, 5.74) is 1.08. The molecule has 15 heavy (non-hydrogen) atoms. The minimum Gasteiger partial charge on any atom is -0.338 e. The smallest absolute Gasteiger partial charge is 0.210 e. The molecular weight excluding hydrogens is 212 g/mol. The van der Waals surface area contributed by atoms with Crippen LogP contribution in [0.15, 0.2) is 18.3 Å². The number of carbonyl (C=O) groups excluding carboxylic acids is 1. The normalized spacial score (nSPS) is 21.4. The number of pyridine rings is 1. The first-order valence-electron chi connectivity index (χ1n) is 5.14. The van der Waals surface area contributed by atoms with E-state index in [0.29, 0.717) is 5.15 Å². The maximum absolute atomic E-state index is 10.9. The Balaban J connectivity index is 2.20. The van der Waals surface area contributed by atoms with Gasteiger partial charge in [0.2, 0.25) is 6.41 Å². The predicted molar refractivity (Wildman–Crippen MR) is 58.6 cm³/mol. The molecule has 1 aromatic rings. The lowest BCUT2D eigenvalue weighted by molar-refractivity contribution is -0.121. The number of hydrogen-bond donors (Lipinski definition) is 0. The largest absolute Gasteiger partial charge is 0.338 e. The van der Waals surface area contributed by atoms with Crippen molar-refractivity contribution in [1.82, 2.24) is 9.88 Å². The number of carbonyl (C=O) groups is 1. The van der Waals surface area contributed by atoms with Crippen LogP contribution in [0.2, 0.25) is 5.15 Å². The van der Waals surface area contributed by atoms with E-state index in [-0.39, 0.29) is 6.04 Å². The van der Waals surface area contributed by atoms with Crippen molar-refractivity contribution in [3.63, 3.8) is 0 Å². The second kappa shape index (κ2) is 4.62. The Morgan fingerprint density at radius 1 is 1.47 bits per heavy atom. The molecule has 1 saturated heterocycles. The monoisotopic (exact) mass is 224 g/mol. The van der Waals surface area contributed by atoms with Gasteiger partial charge in [-0.15, -0.1) is 0 Å². The van der Waals surface area contributed by atoms with Crippen molar-refractivity contribution in [3.05, 3.63) is 29.0 Å². The van der Waals surface area contributed by atoms with Crippen LogP contribution < -0.4 is 0 Å². The van der Waals surface area contributed by atoms with Crippen molar-refractivity contribution in [3.8, 4) is 0 Å². The third kappa shape index (κ3) is 2.29. The number of likely N-dealkylation sites (tertiary alicyclic amines) is 1. The first-order chi connectivity index (χ1) is 7.31. The van der Waals surface area contributed by atoms with E-state index in [0.717, 1.165) is 37.8 Å². The summed E-state index contributed by atoms with van der Waals surface area (Å²) in [5, 5.41) is 0.493. The Kier molecular flexibility index (Phi) is 3.21. The fraction of sp³-hybridized carbons (Fsp3) is 0.455. The minimum atomic E-state index is 0.181. The zero-order chi connectivity index (χ0) is 10.7. The number of piperidine rings is 1. The molecule has 1 atom stereocenters. The van der Waals surface area contributed by atoms with Gasteiger partial charge in [0.05, 0.1) is 6.04 Å². The summed E-state index contributed by atoms with van der Waals surface area (Å²) >= 11 is 5.73. The molecule has 0 aromatic carbocycles. The summed E-state index contributed by atoms with van der Waals surface area (Å²) < 4.78 is 0. The average molecular weight is 225 g/mol.